The van der Waals surface area contributed by atoms with E-state index in [4.69, 9.17) is 4.74 Å². The smallest absolute Gasteiger partial charge is 0.255 e. The first-order valence-electron chi connectivity index (χ1n) is 6.21. The van der Waals surface area contributed by atoms with Crippen molar-refractivity contribution < 1.29 is 9.53 Å². The zero-order valence-electron chi connectivity index (χ0n) is 11.3. The van der Waals surface area contributed by atoms with E-state index in [1.165, 1.54) is 0 Å². The van der Waals surface area contributed by atoms with Crippen molar-refractivity contribution in [1.82, 2.24) is 9.88 Å². The van der Waals surface area contributed by atoms with E-state index in [0.29, 0.717) is 31.8 Å². The molecule has 0 aliphatic heterocycles. The molecule has 5 heteroatoms. The second-order valence-corrected chi connectivity index (χ2v) is 3.83. The first-order chi connectivity index (χ1) is 8.72. The fourth-order valence-corrected chi connectivity index (χ4v) is 1.60. The molecule has 0 radical (unpaired) electrons. The highest BCUT2D eigenvalue weighted by molar-refractivity contribution is 5.94. The normalized spacial score (nSPS) is 10.2. The molecule has 0 saturated carbocycles. The van der Waals surface area contributed by atoms with Crippen LogP contribution in [-0.4, -0.2) is 49.1 Å². The third-order valence-corrected chi connectivity index (χ3v) is 2.67. The molecule has 1 aromatic heterocycles. The van der Waals surface area contributed by atoms with Gasteiger partial charge >= 0.3 is 0 Å². The monoisotopic (exact) mass is 251 g/mol. The molecule has 1 aromatic rings. The third-order valence-electron chi connectivity index (χ3n) is 2.67. The number of amides is 1. The molecule has 18 heavy (non-hydrogen) atoms. The largest absolute Gasteiger partial charge is 0.383 e. The van der Waals surface area contributed by atoms with E-state index in [9.17, 15) is 4.79 Å². The Labute approximate surface area is 108 Å². The summed E-state index contributed by atoms with van der Waals surface area (Å²) in [4.78, 5) is 18.0. The van der Waals surface area contributed by atoms with Gasteiger partial charge in [-0.1, -0.05) is 0 Å². The van der Waals surface area contributed by atoms with Gasteiger partial charge in [-0.3, -0.25) is 4.79 Å². The molecular weight excluding hydrogens is 230 g/mol. The van der Waals surface area contributed by atoms with Gasteiger partial charge in [-0.25, -0.2) is 4.98 Å². The molecule has 0 bridgehead atoms. The van der Waals surface area contributed by atoms with E-state index in [1.54, 1.807) is 24.3 Å². The second kappa shape index (κ2) is 7.66. The quantitative estimate of drug-likeness (QED) is 0.748. The summed E-state index contributed by atoms with van der Waals surface area (Å²) in [5.41, 5.74) is 0.621. The van der Waals surface area contributed by atoms with Gasteiger partial charge in [0.15, 0.2) is 0 Å². The van der Waals surface area contributed by atoms with Crippen molar-refractivity contribution in [2.24, 2.45) is 0 Å². The molecule has 0 aliphatic carbocycles. The maximum atomic E-state index is 12.0. The van der Waals surface area contributed by atoms with Gasteiger partial charge in [-0.15, -0.1) is 0 Å². The minimum absolute atomic E-state index is 0.0240. The average Bonchev–Trinajstić information content (AvgIpc) is 2.41. The first kappa shape index (κ1) is 14.4. The Morgan fingerprint density at radius 2 is 2.11 bits per heavy atom. The molecule has 1 rings (SSSR count). The lowest BCUT2D eigenvalue weighted by Gasteiger charge is -2.18. The van der Waals surface area contributed by atoms with Crippen molar-refractivity contribution in [1.29, 1.82) is 0 Å². The van der Waals surface area contributed by atoms with Crippen molar-refractivity contribution in [3.05, 3.63) is 23.9 Å². The Kier molecular flexibility index (Phi) is 6.14. The maximum Gasteiger partial charge on any atom is 0.255 e. The summed E-state index contributed by atoms with van der Waals surface area (Å²) >= 11 is 0. The molecule has 1 amide bonds. The summed E-state index contributed by atoms with van der Waals surface area (Å²) in [6, 6.07) is 3.61. The summed E-state index contributed by atoms with van der Waals surface area (Å²) in [5.74, 6) is 0.777. The van der Waals surface area contributed by atoms with Crippen LogP contribution in [0.25, 0.3) is 0 Å². The molecule has 0 aromatic carbocycles. The van der Waals surface area contributed by atoms with E-state index in [0.717, 1.165) is 5.82 Å². The highest BCUT2D eigenvalue weighted by atomic mass is 16.5. The summed E-state index contributed by atoms with van der Waals surface area (Å²) in [5, 5.41) is 3.11. The topological polar surface area (TPSA) is 54.5 Å². The standard InChI is InChI=1S/C13H21N3O2/c1-4-16(5-2)13(17)11-6-7-12(15-10-11)14-8-9-18-3/h6-7,10H,4-5,8-9H2,1-3H3,(H,14,15). The first-order valence-corrected chi connectivity index (χ1v) is 6.21. The Morgan fingerprint density at radius 1 is 1.39 bits per heavy atom. The van der Waals surface area contributed by atoms with Crippen molar-refractivity contribution >= 4 is 11.7 Å². The average molecular weight is 251 g/mol. The van der Waals surface area contributed by atoms with Gasteiger partial charge in [-0.05, 0) is 26.0 Å². The zero-order chi connectivity index (χ0) is 13.4. The lowest BCUT2D eigenvalue weighted by Crippen LogP contribution is -2.30. The van der Waals surface area contributed by atoms with E-state index < -0.39 is 0 Å². The molecule has 0 spiro atoms. The van der Waals surface area contributed by atoms with Crippen LogP contribution >= 0.6 is 0 Å². The number of anilines is 1. The van der Waals surface area contributed by atoms with Gasteiger partial charge in [0.1, 0.15) is 5.82 Å². The molecule has 5 nitrogen and oxygen atoms in total. The summed E-state index contributed by atoms with van der Waals surface area (Å²) in [6.45, 7) is 6.69. The predicted octanol–water partition coefficient (Wildman–Crippen LogP) is 1.62. The fourth-order valence-electron chi connectivity index (χ4n) is 1.60. The third kappa shape index (κ3) is 4.00. The van der Waals surface area contributed by atoms with Crippen LogP contribution in [0.3, 0.4) is 0 Å². The van der Waals surface area contributed by atoms with Crippen LogP contribution in [0.5, 0.6) is 0 Å². The Bertz CT molecular complexity index is 361. The second-order valence-electron chi connectivity index (χ2n) is 3.83. The van der Waals surface area contributed by atoms with Gasteiger partial charge < -0.3 is 15.0 Å². The molecule has 0 unspecified atom stereocenters. The fraction of sp³-hybridized carbons (Fsp3) is 0.538. The van der Waals surface area contributed by atoms with Gasteiger partial charge in [-0.2, -0.15) is 0 Å². The number of methoxy groups -OCH3 is 1. The molecule has 0 fully saturated rings. The van der Waals surface area contributed by atoms with Crippen LogP contribution in [0.2, 0.25) is 0 Å². The lowest BCUT2D eigenvalue weighted by molar-refractivity contribution is 0.0772. The molecule has 0 saturated heterocycles. The van der Waals surface area contributed by atoms with E-state index in [-0.39, 0.29) is 5.91 Å². The number of carbonyl (C=O) groups excluding carboxylic acids is 1. The Morgan fingerprint density at radius 3 is 2.61 bits per heavy atom. The highest BCUT2D eigenvalue weighted by Crippen LogP contribution is 2.07. The summed E-state index contributed by atoms with van der Waals surface area (Å²) < 4.78 is 4.94. The number of nitrogens with one attached hydrogen (secondary N) is 1. The number of nitrogens with zero attached hydrogens (tertiary/aromatic N) is 2. The van der Waals surface area contributed by atoms with Gasteiger partial charge in [0.25, 0.3) is 5.91 Å². The number of carbonyl (C=O) groups is 1. The minimum atomic E-state index is 0.0240. The number of ether oxygens (including phenoxy) is 1. The van der Waals surface area contributed by atoms with Crippen molar-refractivity contribution in [2.75, 3.05) is 38.7 Å². The van der Waals surface area contributed by atoms with E-state index in [2.05, 4.69) is 10.3 Å². The molecule has 0 atom stereocenters. The summed E-state index contributed by atoms with van der Waals surface area (Å²) in [7, 11) is 1.65. The van der Waals surface area contributed by atoms with Gasteiger partial charge in [0, 0.05) is 32.9 Å². The maximum absolute atomic E-state index is 12.0. The zero-order valence-corrected chi connectivity index (χ0v) is 11.3. The number of rotatable bonds is 7. The van der Waals surface area contributed by atoms with Gasteiger partial charge in [0.05, 0.1) is 12.2 Å². The van der Waals surface area contributed by atoms with Gasteiger partial charge in [0.2, 0.25) is 0 Å². The van der Waals surface area contributed by atoms with Crippen LogP contribution < -0.4 is 5.32 Å². The lowest BCUT2D eigenvalue weighted by atomic mass is 10.2. The molecule has 100 valence electrons. The Hall–Kier alpha value is -1.62. The van der Waals surface area contributed by atoms with Crippen LogP contribution in [0, 0.1) is 0 Å². The SMILES string of the molecule is CCN(CC)C(=O)c1ccc(NCCOC)nc1. The number of hydrogen-bond acceptors (Lipinski definition) is 4. The minimum Gasteiger partial charge on any atom is -0.383 e. The molecule has 1 N–H and O–H groups in total. The van der Waals surface area contributed by atoms with Crippen LogP contribution in [0.1, 0.15) is 24.2 Å². The van der Waals surface area contributed by atoms with Crippen molar-refractivity contribution in [2.45, 2.75) is 13.8 Å². The van der Waals surface area contributed by atoms with Crippen LogP contribution in [0.15, 0.2) is 18.3 Å². The molecule has 1 heterocycles. The van der Waals surface area contributed by atoms with E-state index >= 15 is 0 Å². The molecule has 0 aliphatic rings. The van der Waals surface area contributed by atoms with Crippen LogP contribution in [-0.2, 0) is 4.74 Å². The molecular formula is C13H21N3O2. The van der Waals surface area contributed by atoms with Crippen molar-refractivity contribution in [3.63, 3.8) is 0 Å². The summed E-state index contributed by atoms with van der Waals surface area (Å²) in [6.07, 6.45) is 1.61. The number of aromatic nitrogens is 1. The highest BCUT2D eigenvalue weighted by Gasteiger charge is 2.12. The Balaban J connectivity index is 2.61. The van der Waals surface area contributed by atoms with E-state index in [1.807, 2.05) is 19.9 Å². The number of hydrogen-bond donors (Lipinski definition) is 1. The van der Waals surface area contributed by atoms with Crippen molar-refractivity contribution in [3.8, 4) is 0 Å². The number of pyridine rings is 1. The predicted molar refractivity (Wildman–Crippen MR) is 71.9 cm³/mol. The van der Waals surface area contributed by atoms with Crippen LogP contribution in [0.4, 0.5) is 5.82 Å².